The molecule has 0 radical (unpaired) electrons. The van der Waals surface area contributed by atoms with Crippen LogP contribution in [-0.2, 0) is 0 Å². The lowest BCUT2D eigenvalue weighted by Gasteiger charge is -2.20. The van der Waals surface area contributed by atoms with E-state index >= 15 is 0 Å². The van der Waals surface area contributed by atoms with Crippen molar-refractivity contribution in [2.75, 3.05) is 13.2 Å². The summed E-state index contributed by atoms with van der Waals surface area (Å²) >= 11 is 0. The molecule has 6 nitrogen and oxygen atoms in total. The minimum Gasteiger partial charge on any atom is -0.493 e. The quantitative estimate of drug-likeness (QED) is 0.0753. The zero-order chi connectivity index (χ0) is 47.5. The van der Waals surface area contributed by atoms with Crippen molar-refractivity contribution in [3.8, 4) is 89.9 Å². The molecule has 0 atom stereocenters. The van der Waals surface area contributed by atoms with E-state index < -0.39 is 0 Å². The molecule has 4 heterocycles. The highest BCUT2D eigenvalue weighted by atomic mass is 16.5. The lowest BCUT2D eigenvalue weighted by atomic mass is 9.89. The maximum atomic E-state index is 6.81. The van der Waals surface area contributed by atoms with Gasteiger partial charge in [0.2, 0.25) is 0 Å². The Morgan fingerprint density at radius 1 is 0.329 bits per heavy atom. The maximum absolute atomic E-state index is 6.81. The van der Waals surface area contributed by atoms with Crippen LogP contribution in [0.1, 0.15) is 65.2 Å². The third-order valence-electron chi connectivity index (χ3n) is 13.2. The summed E-state index contributed by atoms with van der Waals surface area (Å²) < 4.78 is 13.6. The summed E-state index contributed by atoms with van der Waals surface area (Å²) in [4.78, 5) is 18.4. The normalized spacial score (nSPS) is 11.3. The highest BCUT2D eigenvalue weighted by molar-refractivity contribution is 6.11. The topological polar surface area (TPSA) is 70.0 Å². The first-order valence-electron chi connectivity index (χ1n) is 25.0. The zero-order valence-electron chi connectivity index (χ0n) is 40.2. The van der Waals surface area contributed by atoms with Crippen molar-refractivity contribution in [2.24, 2.45) is 0 Å². The number of fused-ring (bicyclic) bond motifs is 2. The van der Waals surface area contributed by atoms with Crippen molar-refractivity contribution in [1.29, 1.82) is 0 Å². The number of rotatable bonds is 19. The van der Waals surface area contributed by atoms with Crippen LogP contribution in [0.5, 0.6) is 11.5 Å². The molecular formula is C64H58N4O2. The minimum atomic E-state index is 0.660. The van der Waals surface area contributed by atoms with E-state index in [1.165, 1.54) is 25.7 Å². The van der Waals surface area contributed by atoms with Gasteiger partial charge in [0.05, 0.1) is 36.0 Å². The van der Waals surface area contributed by atoms with Gasteiger partial charge in [0.25, 0.3) is 0 Å². The highest BCUT2D eigenvalue weighted by Gasteiger charge is 2.21. The Kier molecular flexibility index (Phi) is 14.4. The van der Waals surface area contributed by atoms with Gasteiger partial charge < -0.3 is 9.47 Å². The predicted octanol–water partition coefficient (Wildman–Crippen LogP) is 17.2. The number of nitrogens with zero attached hydrogens (tertiary/aromatic N) is 4. The molecule has 10 rings (SSSR count). The van der Waals surface area contributed by atoms with Gasteiger partial charge in [-0.3, -0.25) is 19.9 Å². The average molecular weight is 915 g/mol. The molecule has 0 aliphatic rings. The van der Waals surface area contributed by atoms with Crippen LogP contribution in [0.4, 0.5) is 0 Å². The third-order valence-corrected chi connectivity index (χ3v) is 13.2. The predicted molar refractivity (Wildman–Crippen MR) is 290 cm³/mol. The molecule has 0 N–H and O–H groups in total. The van der Waals surface area contributed by atoms with E-state index in [0.717, 1.165) is 137 Å². The second-order valence-electron chi connectivity index (χ2n) is 18.0. The van der Waals surface area contributed by atoms with Crippen LogP contribution in [0.3, 0.4) is 0 Å². The molecule has 0 amide bonds. The van der Waals surface area contributed by atoms with E-state index in [1.54, 1.807) is 12.4 Å². The number of ether oxygens (including phenoxy) is 2. The number of hydrogen-bond acceptors (Lipinski definition) is 6. The molecule has 70 heavy (non-hydrogen) atoms. The highest BCUT2D eigenvalue weighted by Crippen LogP contribution is 2.47. The number of hydrogen-bond donors (Lipinski definition) is 0. The number of aromatic nitrogens is 4. The molecule has 0 spiro atoms. The Labute approximate surface area is 412 Å². The summed E-state index contributed by atoms with van der Waals surface area (Å²) in [5.41, 5.74) is 14.6. The molecule has 0 aliphatic carbocycles. The molecule has 10 aromatic rings. The summed E-state index contributed by atoms with van der Waals surface area (Å²) in [7, 11) is 0. The smallest absolute Gasteiger partial charge is 0.127 e. The van der Waals surface area contributed by atoms with Gasteiger partial charge in [0, 0.05) is 47.0 Å². The number of benzene rings is 6. The fourth-order valence-corrected chi connectivity index (χ4v) is 9.33. The fourth-order valence-electron chi connectivity index (χ4n) is 9.33. The largest absolute Gasteiger partial charge is 0.493 e. The Morgan fingerprint density at radius 2 is 0.714 bits per heavy atom. The van der Waals surface area contributed by atoms with E-state index in [2.05, 4.69) is 145 Å². The molecular weight excluding hydrogens is 857 g/mol. The molecule has 0 aliphatic heterocycles. The second kappa shape index (κ2) is 22.0. The van der Waals surface area contributed by atoms with Crippen molar-refractivity contribution in [3.05, 3.63) is 195 Å². The van der Waals surface area contributed by atoms with Crippen LogP contribution in [0.25, 0.3) is 100.0 Å². The van der Waals surface area contributed by atoms with Crippen molar-refractivity contribution < 1.29 is 9.47 Å². The van der Waals surface area contributed by atoms with Crippen LogP contribution in [0.2, 0.25) is 0 Å². The monoisotopic (exact) mass is 914 g/mol. The van der Waals surface area contributed by atoms with Crippen molar-refractivity contribution in [1.82, 2.24) is 19.9 Å². The van der Waals surface area contributed by atoms with Crippen LogP contribution in [0.15, 0.2) is 195 Å². The molecule has 4 aromatic heterocycles. The van der Waals surface area contributed by atoms with Gasteiger partial charge in [-0.1, -0.05) is 162 Å². The number of pyridine rings is 4. The molecule has 0 saturated heterocycles. The van der Waals surface area contributed by atoms with E-state index in [1.807, 2.05) is 60.9 Å². The Balaban J connectivity index is 0.996. The van der Waals surface area contributed by atoms with E-state index in [-0.39, 0.29) is 0 Å². The molecule has 0 saturated carbocycles. The first-order chi connectivity index (χ1) is 34.6. The Bertz CT molecular complexity index is 3080. The SMILES string of the molecule is CCCCCCOc1ccc2cc(-c3ccc(-c4ccc(-c5ccccn5)nc4)cc3)ccc2c1-c1c(OCCCCCC)ccc2cc(-c3ccc(-c4ccc(-c5ccccn5)nc4)cc3)ccc12. The first-order valence-corrected chi connectivity index (χ1v) is 25.0. The summed E-state index contributed by atoms with van der Waals surface area (Å²) in [6, 6.07) is 60.1. The molecule has 6 aromatic carbocycles. The van der Waals surface area contributed by atoms with Gasteiger partial charge in [-0.25, -0.2) is 0 Å². The van der Waals surface area contributed by atoms with E-state index in [4.69, 9.17) is 19.4 Å². The lowest BCUT2D eigenvalue weighted by molar-refractivity contribution is 0.302. The number of unbranched alkanes of at least 4 members (excludes halogenated alkanes) is 6. The lowest BCUT2D eigenvalue weighted by Crippen LogP contribution is -2.03. The van der Waals surface area contributed by atoms with Crippen LogP contribution < -0.4 is 9.47 Å². The van der Waals surface area contributed by atoms with Crippen LogP contribution in [0, 0.1) is 0 Å². The van der Waals surface area contributed by atoms with Crippen molar-refractivity contribution >= 4 is 21.5 Å². The zero-order valence-corrected chi connectivity index (χ0v) is 40.2. The fraction of sp³-hybridized carbons (Fsp3) is 0.188. The van der Waals surface area contributed by atoms with Crippen LogP contribution >= 0.6 is 0 Å². The van der Waals surface area contributed by atoms with Crippen molar-refractivity contribution in [3.63, 3.8) is 0 Å². The molecule has 0 bridgehead atoms. The first kappa shape index (κ1) is 45.8. The minimum absolute atomic E-state index is 0.660. The maximum Gasteiger partial charge on any atom is 0.127 e. The average Bonchev–Trinajstić information content (AvgIpc) is 3.43. The Morgan fingerprint density at radius 3 is 1.09 bits per heavy atom. The van der Waals surface area contributed by atoms with Gasteiger partial charge >= 0.3 is 0 Å². The standard InChI is InChI=1S/C64H58N4O2/c1-3-5-7-13-39-69-61-35-29-51-41-49(45-17-21-47(22-18-45)53-27-33-59(67-43-53)57-15-9-11-37-65-57)25-31-55(51)63(61)64-56-32-26-50(42-52(56)30-36-62(64)70-40-14-8-6-4-2)46-19-23-48(24-20-46)54-28-34-60(68-44-54)58-16-10-12-38-66-58/h9-12,15-38,41-44H,3-8,13-14,39-40H2,1-2H3. The molecule has 346 valence electrons. The van der Waals surface area contributed by atoms with Crippen LogP contribution in [-0.4, -0.2) is 33.1 Å². The van der Waals surface area contributed by atoms with Gasteiger partial charge in [0.1, 0.15) is 11.5 Å². The van der Waals surface area contributed by atoms with E-state index in [9.17, 15) is 0 Å². The summed E-state index contributed by atoms with van der Waals surface area (Å²) in [6.45, 7) is 5.82. The summed E-state index contributed by atoms with van der Waals surface area (Å²) in [5.74, 6) is 1.77. The summed E-state index contributed by atoms with van der Waals surface area (Å²) in [6.07, 6.45) is 16.5. The van der Waals surface area contributed by atoms with Crippen molar-refractivity contribution in [2.45, 2.75) is 65.2 Å². The molecule has 0 unspecified atom stereocenters. The van der Waals surface area contributed by atoms with Gasteiger partial charge in [-0.15, -0.1) is 0 Å². The summed E-state index contributed by atoms with van der Waals surface area (Å²) in [5, 5.41) is 4.56. The molecule has 6 heteroatoms. The molecule has 0 fully saturated rings. The Hall–Kier alpha value is -7.96. The third kappa shape index (κ3) is 10.4. The van der Waals surface area contributed by atoms with E-state index in [0.29, 0.717) is 13.2 Å². The van der Waals surface area contributed by atoms with Gasteiger partial charge in [-0.05, 0) is 128 Å². The van der Waals surface area contributed by atoms with Gasteiger partial charge in [-0.2, -0.15) is 0 Å². The second-order valence-corrected chi connectivity index (χ2v) is 18.0. The van der Waals surface area contributed by atoms with Gasteiger partial charge in [0.15, 0.2) is 0 Å².